The summed E-state index contributed by atoms with van der Waals surface area (Å²) in [5.74, 6) is -1.35. The van der Waals surface area contributed by atoms with Gasteiger partial charge in [0.2, 0.25) is 5.91 Å². The highest BCUT2D eigenvalue weighted by Crippen LogP contribution is 2.13. The van der Waals surface area contributed by atoms with Crippen LogP contribution in [0, 0.1) is 3.57 Å². The summed E-state index contributed by atoms with van der Waals surface area (Å²) in [6.07, 6.45) is 0.300. The van der Waals surface area contributed by atoms with Gasteiger partial charge in [-0.25, -0.2) is 4.79 Å². The van der Waals surface area contributed by atoms with Gasteiger partial charge in [0.05, 0.1) is 0 Å². The van der Waals surface area contributed by atoms with E-state index in [1.54, 1.807) is 0 Å². The molecule has 0 aliphatic carbocycles. The SMILES string of the molecule is CC(=O)NC(Cc1ccccc1I)C(=O)O. The molecule has 1 amide bonds. The molecule has 0 saturated heterocycles. The molecule has 86 valence electrons. The predicted molar refractivity (Wildman–Crippen MR) is 68.1 cm³/mol. The Morgan fingerprint density at radius 3 is 2.56 bits per heavy atom. The lowest BCUT2D eigenvalue weighted by molar-refractivity contribution is -0.141. The highest BCUT2D eigenvalue weighted by atomic mass is 127. The second kappa shape index (κ2) is 5.83. The number of nitrogens with one attached hydrogen (secondary N) is 1. The third-order valence-corrected chi connectivity index (χ3v) is 3.11. The average molecular weight is 333 g/mol. The van der Waals surface area contributed by atoms with Gasteiger partial charge in [-0.1, -0.05) is 18.2 Å². The molecule has 2 N–H and O–H groups in total. The van der Waals surface area contributed by atoms with Crippen LogP contribution in [0.5, 0.6) is 0 Å². The van der Waals surface area contributed by atoms with Crippen molar-refractivity contribution in [3.8, 4) is 0 Å². The third kappa shape index (κ3) is 3.80. The third-order valence-electron chi connectivity index (χ3n) is 2.06. The Bertz CT molecular complexity index is 406. The number of amides is 1. The number of halogens is 1. The number of benzene rings is 1. The van der Waals surface area contributed by atoms with Gasteiger partial charge in [-0.15, -0.1) is 0 Å². The molecule has 0 bridgehead atoms. The Morgan fingerprint density at radius 2 is 2.06 bits per heavy atom. The van der Waals surface area contributed by atoms with Crippen LogP contribution in [0.4, 0.5) is 0 Å². The van der Waals surface area contributed by atoms with Crippen LogP contribution in [0.3, 0.4) is 0 Å². The van der Waals surface area contributed by atoms with Crippen LogP contribution in [0.2, 0.25) is 0 Å². The summed E-state index contributed by atoms with van der Waals surface area (Å²) < 4.78 is 0.997. The van der Waals surface area contributed by atoms with Crippen LogP contribution in [0.15, 0.2) is 24.3 Å². The van der Waals surface area contributed by atoms with Crippen LogP contribution in [0.1, 0.15) is 12.5 Å². The Morgan fingerprint density at radius 1 is 1.44 bits per heavy atom. The minimum atomic E-state index is -1.02. The van der Waals surface area contributed by atoms with E-state index in [4.69, 9.17) is 5.11 Å². The van der Waals surface area contributed by atoms with Gasteiger partial charge in [0, 0.05) is 16.9 Å². The first-order chi connectivity index (χ1) is 7.50. The lowest BCUT2D eigenvalue weighted by Crippen LogP contribution is -2.41. The zero-order valence-corrected chi connectivity index (χ0v) is 10.9. The molecule has 1 rings (SSSR count). The van der Waals surface area contributed by atoms with Gasteiger partial charge >= 0.3 is 5.97 Å². The molecule has 0 radical (unpaired) electrons. The number of hydrogen-bond donors (Lipinski definition) is 2. The molecule has 4 nitrogen and oxygen atoms in total. The first-order valence-electron chi connectivity index (χ1n) is 4.74. The molecule has 0 fully saturated rings. The maximum absolute atomic E-state index is 10.9. The van der Waals surface area contributed by atoms with Crippen molar-refractivity contribution in [1.29, 1.82) is 0 Å². The molecule has 0 aliphatic rings. The van der Waals surface area contributed by atoms with Crippen molar-refractivity contribution in [1.82, 2.24) is 5.32 Å². The summed E-state index contributed by atoms with van der Waals surface area (Å²) in [6, 6.07) is 6.64. The standard InChI is InChI=1S/C11H12INO3/c1-7(14)13-10(11(15)16)6-8-4-2-3-5-9(8)12/h2-5,10H,6H2,1H3,(H,13,14)(H,15,16). The van der Waals surface area contributed by atoms with Crippen molar-refractivity contribution in [3.05, 3.63) is 33.4 Å². The largest absolute Gasteiger partial charge is 0.480 e. The Kier molecular flexibility index (Phi) is 4.72. The fourth-order valence-electron chi connectivity index (χ4n) is 1.33. The van der Waals surface area contributed by atoms with Crippen LogP contribution in [0.25, 0.3) is 0 Å². The summed E-state index contributed by atoms with van der Waals surface area (Å²) in [5.41, 5.74) is 0.921. The molecule has 5 heteroatoms. The minimum Gasteiger partial charge on any atom is -0.480 e. The van der Waals surface area contributed by atoms with E-state index in [1.807, 2.05) is 24.3 Å². The van der Waals surface area contributed by atoms with Gasteiger partial charge in [0.15, 0.2) is 0 Å². The van der Waals surface area contributed by atoms with Crippen molar-refractivity contribution in [3.63, 3.8) is 0 Å². The molecule has 0 spiro atoms. The van der Waals surface area contributed by atoms with Crippen LogP contribution in [-0.2, 0) is 16.0 Å². The molecule has 1 unspecified atom stereocenters. The van der Waals surface area contributed by atoms with E-state index in [9.17, 15) is 9.59 Å². The van der Waals surface area contributed by atoms with E-state index in [1.165, 1.54) is 6.92 Å². The average Bonchev–Trinajstić information content (AvgIpc) is 2.19. The van der Waals surface area contributed by atoms with E-state index in [2.05, 4.69) is 27.9 Å². The summed E-state index contributed by atoms with van der Waals surface area (Å²) in [5, 5.41) is 11.4. The summed E-state index contributed by atoms with van der Waals surface area (Å²) in [7, 11) is 0. The first kappa shape index (κ1) is 13.0. The highest BCUT2D eigenvalue weighted by Gasteiger charge is 2.19. The lowest BCUT2D eigenvalue weighted by Gasteiger charge is -2.14. The summed E-state index contributed by atoms with van der Waals surface area (Å²) in [6.45, 7) is 1.31. The summed E-state index contributed by atoms with van der Waals surface area (Å²) >= 11 is 2.15. The molecule has 0 aromatic heterocycles. The highest BCUT2D eigenvalue weighted by molar-refractivity contribution is 14.1. The fourth-order valence-corrected chi connectivity index (χ4v) is 1.94. The maximum atomic E-state index is 10.9. The Hall–Kier alpha value is -1.11. The number of rotatable bonds is 4. The number of carbonyl (C=O) groups excluding carboxylic acids is 1. The second-order valence-corrected chi connectivity index (χ2v) is 4.55. The van der Waals surface area contributed by atoms with E-state index in [0.29, 0.717) is 6.42 Å². The first-order valence-corrected chi connectivity index (χ1v) is 5.82. The molecule has 0 aliphatic heterocycles. The van der Waals surface area contributed by atoms with Crippen molar-refractivity contribution >= 4 is 34.5 Å². The van der Waals surface area contributed by atoms with Crippen molar-refractivity contribution in [2.75, 3.05) is 0 Å². The van der Waals surface area contributed by atoms with E-state index >= 15 is 0 Å². The molecule has 16 heavy (non-hydrogen) atoms. The van der Waals surface area contributed by atoms with E-state index in [0.717, 1.165) is 9.13 Å². The Labute approximate surface area is 107 Å². The van der Waals surface area contributed by atoms with Gasteiger partial charge in [-0.05, 0) is 34.2 Å². The van der Waals surface area contributed by atoms with Gasteiger partial charge < -0.3 is 10.4 Å². The lowest BCUT2D eigenvalue weighted by atomic mass is 10.1. The zero-order valence-electron chi connectivity index (χ0n) is 8.74. The topological polar surface area (TPSA) is 66.4 Å². The molecular formula is C11H12INO3. The van der Waals surface area contributed by atoms with E-state index in [-0.39, 0.29) is 5.91 Å². The monoisotopic (exact) mass is 333 g/mol. The molecular weight excluding hydrogens is 321 g/mol. The molecule has 0 heterocycles. The van der Waals surface area contributed by atoms with Crippen LogP contribution < -0.4 is 5.32 Å². The van der Waals surface area contributed by atoms with Gasteiger partial charge in [-0.2, -0.15) is 0 Å². The minimum absolute atomic E-state index is 0.300. The fraction of sp³-hybridized carbons (Fsp3) is 0.273. The molecule has 1 aromatic carbocycles. The molecule has 1 atom stereocenters. The predicted octanol–water partition coefficient (Wildman–Crippen LogP) is 1.42. The normalized spacial score (nSPS) is 11.9. The number of carbonyl (C=O) groups is 2. The number of carboxylic acid groups (broad SMARTS) is 1. The van der Waals surface area contributed by atoms with Crippen molar-refractivity contribution in [2.45, 2.75) is 19.4 Å². The molecule has 0 saturated carbocycles. The van der Waals surface area contributed by atoms with Crippen LogP contribution >= 0.6 is 22.6 Å². The van der Waals surface area contributed by atoms with Gasteiger partial charge in [0.25, 0.3) is 0 Å². The molecule has 1 aromatic rings. The second-order valence-electron chi connectivity index (χ2n) is 3.39. The van der Waals surface area contributed by atoms with E-state index < -0.39 is 12.0 Å². The maximum Gasteiger partial charge on any atom is 0.326 e. The van der Waals surface area contributed by atoms with Gasteiger partial charge in [0.1, 0.15) is 6.04 Å². The summed E-state index contributed by atoms with van der Waals surface area (Å²) in [4.78, 5) is 21.8. The van der Waals surface area contributed by atoms with Crippen molar-refractivity contribution < 1.29 is 14.7 Å². The van der Waals surface area contributed by atoms with Crippen LogP contribution in [-0.4, -0.2) is 23.0 Å². The number of aliphatic carboxylic acids is 1. The Balaban J connectivity index is 2.80. The van der Waals surface area contributed by atoms with Crippen molar-refractivity contribution in [2.24, 2.45) is 0 Å². The van der Waals surface area contributed by atoms with Gasteiger partial charge in [-0.3, -0.25) is 4.79 Å². The number of hydrogen-bond acceptors (Lipinski definition) is 2. The number of carboxylic acids is 1. The quantitative estimate of drug-likeness (QED) is 0.819. The smallest absolute Gasteiger partial charge is 0.326 e. The zero-order chi connectivity index (χ0) is 12.1.